The molecule has 350 valence electrons. The summed E-state index contributed by atoms with van der Waals surface area (Å²) in [5.74, 6) is 2.99. The van der Waals surface area contributed by atoms with Crippen LogP contribution in [0.3, 0.4) is 0 Å². The fraction of sp³-hybridized carbons (Fsp3) is 0.169. The van der Waals surface area contributed by atoms with E-state index >= 15 is 0 Å². The van der Waals surface area contributed by atoms with Crippen LogP contribution in [-0.2, 0) is 31.2 Å². The first-order valence-corrected chi connectivity index (χ1v) is 25.7. The van der Waals surface area contributed by atoms with Crippen molar-refractivity contribution in [1.82, 2.24) is 18.7 Å². The van der Waals surface area contributed by atoms with Gasteiger partial charge >= 0.3 is 337 Å². The Bertz CT molecular complexity index is 4180. The normalized spacial score (nSPS) is 16.6. The number of hydrogen-bond acceptors (Lipinski definition) is 2. The summed E-state index contributed by atoms with van der Waals surface area (Å²) in [5.41, 5.74) is 15.2. The van der Waals surface area contributed by atoms with Gasteiger partial charge in [0.25, 0.3) is 0 Å². The molecule has 5 nitrogen and oxygen atoms in total. The van der Waals surface area contributed by atoms with Crippen LogP contribution in [0.15, 0.2) is 188 Å². The summed E-state index contributed by atoms with van der Waals surface area (Å²) < 4.78 is 57.2. The van der Waals surface area contributed by atoms with Gasteiger partial charge in [-0.05, 0) is 28.2 Å². The number of para-hydroxylation sites is 2. The van der Waals surface area contributed by atoms with Crippen molar-refractivity contribution in [3.63, 3.8) is 0 Å². The van der Waals surface area contributed by atoms with Crippen LogP contribution in [0.1, 0.15) is 75.9 Å². The van der Waals surface area contributed by atoms with Crippen LogP contribution in [0.4, 0.5) is 0 Å². The second-order valence-corrected chi connectivity index (χ2v) is 21.0. The number of hydrogen-bond donors (Lipinski definition) is 0. The number of fused-ring (bicyclic) bond motifs is 7. The third kappa shape index (κ3) is 7.56. The van der Waals surface area contributed by atoms with Gasteiger partial charge in [0, 0.05) is 6.20 Å². The Morgan fingerprint density at radius 2 is 1.38 bits per heavy atom. The molecular weight excluding hydrogens is 1050 g/mol. The van der Waals surface area contributed by atoms with Crippen molar-refractivity contribution in [3.05, 3.63) is 221 Å². The van der Waals surface area contributed by atoms with Gasteiger partial charge in [0.15, 0.2) is 0 Å². The predicted molar refractivity (Wildman–Crippen MR) is 286 cm³/mol. The van der Waals surface area contributed by atoms with E-state index in [0.717, 1.165) is 54.7 Å². The van der Waals surface area contributed by atoms with Crippen LogP contribution in [0.25, 0.3) is 83.4 Å². The summed E-state index contributed by atoms with van der Waals surface area (Å²) in [5, 5.41) is 1.65. The minimum atomic E-state index is -0.423. The van der Waals surface area contributed by atoms with Crippen LogP contribution in [-0.4, -0.2) is 18.7 Å². The number of rotatable bonds is 8. The summed E-state index contributed by atoms with van der Waals surface area (Å²) in [6.07, 6.45) is 7.94. The first kappa shape index (κ1) is 38.4. The van der Waals surface area contributed by atoms with Gasteiger partial charge in [-0.2, -0.15) is 0 Å². The molecule has 11 aromatic rings. The molecule has 8 aromatic carbocycles. The van der Waals surface area contributed by atoms with E-state index in [4.69, 9.17) is 16.6 Å². The fourth-order valence-electron chi connectivity index (χ4n) is 11.5. The smallest absolute Gasteiger partial charge is 0.0617 e. The molecule has 0 spiro atoms. The number of imidazole rings is 1. The molecule has 6 heteroatoms. The summed E-state index contributed by atoms with van der Waals surface area (Å²) in [6, 6.07) is 58.4. The molecule has 2 aliphatic rings. The molecule has 2 atom stereocenters. The van der Waals surface area contributed by atoms with E-state index in [-0.39, 0.29) is 35.1 Å². The molecule has 13 rings (SSSR count). The maximum absolute atomic E-state index is 8.78. The standard InChI is InChI=1S/C65H52N4O.Pt/c1-65(2,3)48-35-36-66-62(38-48)69-58-34-30-47(43-17-7-4-8-18-43)37-57(58)53-33-31-51(40-61(53)69)70-50-25-16-24-49(39-50)67-42-68(60-28-14-13-27-59(60)67)64-55(44-19-9-5-10-20-44)41-56-52-26-15-23-45(52)29-32-54(56)63(64)46-21-11-6-12-22-46;/h4-14,16-22,24-25,27-28,30-31,33-38,41,45,52H,15,23,26,29,32H2,1-3H3;/q-2;/i4D,7D,8D,17D,18D;. The van der Waals surface area contributed by atoms with Crippen molar-refractivity contribution in [2.75, 3.05) is 0 Å². The van der Waals surface area contributed by atoms with Crippen molar-refractivity contribution in [2.24, 2.45) is 5.92 Å². The van der Waals surface area contributed by atoms with Gasteiger partial charge < -0.3 is 0 Å². The van der Waals surface area contributed by atoms with Gasteiger partial charge in [-0.25, -0.2) is 0 Å². The van der Waals surface area contributed by atoms with Gasteiger partial charge in [0.2, 0.25) is 0 Å². The van der Waals surface area contributed by atoms with Crippen molar-refractivity contribution in [3.8, 4) is 62.1 Å². The van der Waals surface area contributed by atoms with E-state index in [0.29, 0.717) is 34.3 Å². The van der Waals surface area contributed by atoms with Crippen LogP contribution in [0.5, 0.6) is 11.5 Å². The molecule has 1 fully saturated rings. The molecule has 2 aliphatic carbocycles. The second kappa shape index (κ2) is 17.5. The minimum absolute atomic E-state index is 0.148. The molecule has 0 saturated heterocycles. The number of pyridine rings is 1. The Hall–Kier alpha value is -7.33. The maximum atomic E-state index is 8.78. The number of aromatic nitrogens is 4. The predicted octanol–water partition coefficient (Wildman–Crippen LogP) is 16.5. The number of benzene rings is 8. The zero-order valence-electron chi connectivity index (χ0n) is 44.7. The van der Waals surface area contributed by atoms with Crippen LogP contribution in [0.2, 0.25) is 0 Å². The molecule has 0 aliphatic heterocycles. The quantitative estimate of drug-likeness (QED) is 0.142. The zero-order chi connectivity index (χ0) is 52.1. The molecule has 0 N–H and O–H groups in total. The minimum Gasteiger partial charge on any atom is -0.0617 e. The SMILES string of the molecule is [2H]c1c([2H])c([2H])c(-c2ccc3c(c2)c2ccc(Oc4[c-]c(-n5[c](=[Pt])n(-c6c(-c7ccccc7)cc7c(c6-c6ccccc6)CCC6CCCC76)c6ccccc65)ccc4)[c-]c2n3-c2cc(C(C)(C)C)ccn2)c([2H])c1[2H]. The van der Waals surface area contributed by atoms with E-state index in [1.54, 1.807) is 0 Å². The van der Waals surface area contributed by atoms with Crippen LogP contribution in [0, 0.1) is 21.9 Å². The summed E-state index contributed by atoms with van der Waals surface area (Å²) in [6.45, 7) is 6.52. The van der Waals surface area contributed by atoms with Crippen LogP contribution >= 0.6 is 0 Å². The Kier molecular flexibility index (Phi) is 9.48. The van der Waals surface area contributed by atoms with E-state index in [9.17, 15) is 0 Å². The summed E-state index contributed by atoms with van der Waals surface area (Å²) >= 11 is 2.51. The zero-order valence-corrected chi connectivity index (χ0v) is 42.0. The Labute approximate surface area is 433 Å². The average Bonchev–Trinajstić information content (AvgIpc) is 4.14. The monoisotopic (exact) mass is 1100 g/mol. The Morgan fingerprint density at radius 1 is 0.634 bits per heavy atom. The second-order valence-electron chi connectivity index (χ2n) is 20.0. The molecule has 0 bridgehead atoms. The van der Waals surface area contributed by atoms with Crippen molar-refractivity contribution >= 4 is 32.8 Å². The molecule has 0 amide bonds. The van der Waals surface area contributed by atoms with Gasteiger partial charge in [0.1, 0.15) is 0 Å². The average molecular weight is 1110 g/mol. The third-order valence-corrected chi connectivity index (χ3v) is 15.9. The van der Waals surface area contributed by atoms with E-state index in [2.05, 4.69) is 169 Å². The van der Waals surface area contributed by atoms with Crippen molar-refractivity contribution in [2.45, 2.75) is 64.2 Å². The molecule has 1 saturated carbocycles. The van der Waals surface area contributed by atoms with Gasteiger partial charge in [0.05, 0.1) is 6.85 Å². The first-order chi connectivity index (χ1) is 36.8. The number of ether oxygens (including phenoxy) is 1. The molecule has 71 heavy (non-hydrogen) atoms. The summed E-state index contributed by atoms with van der Waals surface area (Å²) in [7, 11) is 0. The summed E-state index contributed by atoms with van der Waals surface area (Å²) in [4.78, 5) is 4.89. The van der Waals surface area contributed by atoms with E-state index in [1.165, 1.54) is 64.8 Å². The molecule has 2 unspecified atom stereocenters. The molecule has 3 aromatic heterocycles. The topological polar surface area (TPSA) is 36.9 Å². The Balaban J connectivity index is 0.964. The van der Waals surface area contributed by atoms with Crippen molar-refractivity contribution < 1.29 is 30.9 Å². The fourth-order valence-corrected chi connectivity index (χ4v) is 12.6. The molecule has 3 heterocycles. The third-order valence-electron chi connectivity index (χ3n) is 14.8. The van der Waals surface area contributed by atoms with Crippen molar-refractivity contribution in [1.29, 1.82) is 0 Å². The van der Waals surface area contributed by atoms with Gasteiger partial charge in [-0.15, -0.1) is 0 Å². The molecule has 0 radical (unpaired) electrons. The van der Waals surface area contributed by atoms with Gasteiger partial charge in [-0.1, -0.05) is 57.0 Å². The van der Waals surface area contributed by atoms with Crippen LogP contribution < -0.4 is 4.74 Å². The molecular formula is C65H52N4OPt-2. The number of nitrogens with zero attached hydrogens (tertiary/aromatic N) is 4. The Morgan fingerprint density at radius 3 is 2.17 bits per heavy atom. The van der Waals surface area contributed by atoms with Gasteiger partial charge in [-0.3, -0.25) is 0 Å². The van der Waals surface area contributed by atoms with E-state index in [1.807, 2.05) is 54.7 Å². The van der Waals surface area contributed by atoms with E-state index < -0.39 is 6.04 Å². The first-order valence-electron chi connectivity index (χ1n) is 27.1.